The topological polar surface area (TPSA) is 58.4 Å². The molecule has 0 saturated carbocycles. The van der Waals surface area contributed by atoms with Crippen molar-refractivity contribution in [2.45, 2.75) is 51.6 Å². The minimum absolute atomic E-state index is 0.351. The number of hydrogen-bond acceptors (Lipinski definition) is 3. The molecule has 2 heterocycles. The van der Waals surface area contributed by atoms with Crippen LogP contribution in [0, 0.1) is 0 Å². The lowest BCUT2D eigenvalue weighted by Gasteiger charge is -2.37. The van der Waals surface area contributed by atoms with Crippen LogP contribution in [0.15, 0.2) is 12.4 Å². The molecule has 0 aliphatic carbocycles. The van der Waals surface area contributed by atoms with Gasteiger partial charge in [-0.3, -0.25) is 9.69 Å². The molecule has 106 valence electrons. The Hall–Kier alpha value is -1.36. The lowest BCUT2D eigenvalue weighted by atomic mass is 10.0. The van der Waals surface area contributed by atoms with E-state index in [1.165, 1.54) is 0 Å². The molecule has 5 heteroatoms. The third-order valence-corrected chi connectivity index (χ3v) is 4.00. The molecule has 1 aliphatic rings. The molecule has 2 atom stereocenters. The highest BCUT2D eigenvalue weighted by Crippen LogP contribution is 2.25. The summed E-state index contributed by atoms with van der Waals surface area (Å²) in [5.41, 5.74) is 0. The summed E-state index contributed by atoms with van der Waals surface area (Å²) in [6, 6.07) is 0.0102. The number of nitrogens with zero attached hydrogens (tertiary/aromatic N) is 3. The van der Waals surface area contributed by atoms with Gasteiger partial charge in [0.05, 0.1) is 0 Å². The Balaban J connectivity index is 2.11. The fourth-order valence-corrected chi connectivity index (χ4v) is 3.03. The van der Waals surface area contributed by atoms with Gasteiger partial charge in [0.1, 0.15) is 11.9 Å². The van der Waals surface area contributed by atoms with Crippen molar-refractivity contribution in [3.63, 3.8) is 0 Å². The summed E-state index contributed by atoms with van der Waals surface area (Å²) in [5.74, 6) is 0.389. The Morgan fingerprint density at radius 2 is 2.37 bits per heavy atom. The molecule has 1 saturated heterocycles. The quantitative estimate of drug-likeness (QED) is 0.884. The normalized spacial score (nSPS) is 22.3. The van der Waals surface area contributed by atoms with Crippen molar-refractivity contribution >= 4 is 5.97 Å². The first-order valence-electron chi connectivity index (χ1n) is 7.15. The Morgan fingerprint density at radius 1 is 1.58 bits per heavy atom. The average Bonchev–Trinajstić information content (AvgIpc) is 2.87. The molecular formula is C14H23N3O2. The summed E-state index contributed by atoms with van der Waals surface area (Å²) in [4.78, 5) is 17.8. The predicted molar refractivity (Wildman–Crippen MR) is 73.2 cm³/mol. The largest absolute Gasteiger partial charge is 0.480 e. The minimum atomic E-state index is -0.704. The van der Waals surface area contributed by atoms with Crippen LogP contribution in [-0.2, 0) is 11.2 Å². The molecule has 0 aromatic carbocycles. The molecule has 1 fully saturated rings. The SMILES string of the molecule is CCc1nccn1C1CCCN(C(CC)C(=O)O)C1. The van der Waals surface area contributed by atoms with Crippen LogP contribution in [0.25, 0.3) is 0 Å². The van der Waals surface area contributed by atoms with Crippen LogP contribution < -0.4 is 0 Å². The van der Waals surface area contributed by atoms with Crippen LogP contribution in [0.3, 0.4) is 0 Å². The minimum Gasteiger partial charge on any atom is -0.480 e. The average molecular weight is 265 g/mol. The van der Waals surface area contributed by atoms with Crippen molar-refractivity contribution in [1.29, 1.82) is 0 Å². The summed E-state index contributed by atoms with van der Waals surface area (Å²) in [7, 11) is 0. The summed E-state index contributed by atoms with van der Waals surface area (Å²) < 4.78 is 2.22. The second-order valence-electron chi connectivity index (χ2n) is 5.16. The van der Waals surface area contributed by atoms with Crippen molar-refractivity contribution < 1.29 is 9.90 Å². The van der Waals surface area contributed by atoms with E-state index in [4.69, 9.17) is 0 Å². The number of carboxylic acids is 1. The highest BCUT2D eigenvalue weighted by atomic mass is 16.4. The maximum Gasteiger partial charge on any atom is 0.320 e. The number of imidazole rings is 1. The molecule has 0 spiro atoms. The lowest BCUT2D eigenvalue weighted by Crippen LogP contribution is -2.46. The molecular weight excluding hydrogens is 242 g/mol. The fourth-order valence-electron chi connectivity index (χ4n) is 3.03. The fraction of sp³-hybridized carbons (Fsp3) is 0.714. The van der Waals surface area contributed by atoms with E-state index in [1.807, 2.05) is 19.3 Å². The van der Waals surface area contributed by atoms with E-state index in [0.29, 0.717) is 12.5 Å². The molecule has 1 aliphatic heterocycles. The second-order valence-corrected chi connectivity index (χ2v) is 5.16. The van der Waals surface area contributed by atoms with Crippen molar-refractivity contribution in [2.24, 2.45) is 0 Å². The van der Waals surface area contributed by atoms with E-state index in [2.05, 4.69) is 21.4 Å². The van der Waals surface area contributed by atoms with Crippen LogP contribution >= 0.6 is 0 Å². The Morgan fingerprint density at radius 3 is 3.00 bits per heavy atom. The van der Waals surface area contributed by atoms with Gasteiger partial charge in [-0.2, -0.15) is 0 Å². The van der Waals surface area contributed by atoms with Gasteiger partial charge in [-0.05, 0) is 25.8 Å². The van der Waals surface area contributed by atoms with E-state index in [1.54, 1.807) is 0 Å². The standard InChI is InChI=1S/C14H23N3O2/c1-3-12(14(18)19)16-8-5-6-11(10-16)17-9-7-15-13(17)4-2/h7,9,11-12H,3-6,8,10H2,1-2H3,(H,18,19). The number of carbonyl (C=O) groups is 1. The predicted octanol–water partition coefficient (Wildman–Crippen LogP) is 1.95. The van der Waals surface area contributed by atoms with Crippen LogP contribution in [0.5, 0.6) is 0 Å². The van der Waals surface area contributed by atoms with Crippen molar-refractivity contribution in [2.75, 3.05) is 13.1 Å². The Bertz CT molecular complexity index is 430. The molecule has 1 aromatic rings. The molecule has 5 nitrogen and oxygen atoms in total. The van der Waals surface area contributed by atoms with E-state index < -0.39 is 5.97 Å². The first-order valence-corrected chi connectivity index (χ1v) is 7.15. The van der Waals surface area contributed by atoms with Crippen molar-refractivity contribution in [3.8, 4) is 0 Å². The highest BCUT2D eigenvalue weighted by Gasteiger charge is 2.30. The molecule has 19 heavy (non-hydrogen) atoms. The van der Waals surface area contributed by atoms with Gasteiger partial charge in [0.25, 0.3) is 0 Å². The highest BCUT2D eigenvalue weighted by molar-refractivity contribution is 5.73. The number of hydrogen-bond donors (Lipinski definition) is 1. The zero-order valence-electron chi connectivity index (χ0n) is 11.7. The van der Waals surface area contributed by atoms with E-state index in [-0.39, 0.29) is 6.04 Å². The summed E-state index contributed by atoms with van der Waals surface area (Å²) >= 11 is 0. The van der Waals surface area contributed by atoms with Gasteiger partial charge < -0.3 is 9.67 Å². The van der Waals surface area contributed by atoms with Gasteiger partial charge in [-0.15, -0.1) is 0 Å². The monoisotopic (exact) mass is 265 g/mol. The van der Waals surface area contributed by atoms with Gasteiger partial charge in [0.2, 0.25) is 0 Å². The van der Waals surface area contributed by atoms with Crippen LogP contribution in [0.1, 0.15) is 45.0 Å². The maximum absolute atomic E-state index is 11.3. The number of aliphatic carboxylic acids is 1. The van der Waals surface area contributed by atoms with Gasteiger partial charge in [0.15, 0.2) is 0 Å². The number of aromatic nitrogens is 2. The van der Waals surface area contributed by atoms with Crippen LogP contribution in [-0.4, -0.2) is 44.7 Å². The lowest BCUT2D eigenvalue weighted by molar-refractivity contribution is -0.144. The number of rotatable bonds is 5. The van der Waals surface area contributed by atoms with Gasteiger partial charge >= 0.3 is 5.97 Å². The zero-order valence-corrected chi connectivity index (χ0v) is 11.7. The van der Waals surface area contributed by atoms with Gasteiger partial charge in [-0.25, -0.2) is 4.98 Å². The van der Waals surface area contributed by atoms with Crippen LogP contribution in [0.2, 0.25) is 0 Å². The van der Waals surface area contributed by atoms with E-state index in [0.717, 1.165) is 38.2 Å². The van der Waals surface area contributed by atoms with Gasteiger partial charge in [0, 0.05) is 31.4 Å². The second kappa shape index (κ2) is 6.19. The molecule has 1 N–H and O–H groups in total. The Kier molecular flexibility index (Phi) is 4.58. The van der Waals surface area contributed by atoms with Crippen molar-refractivity contribution in [3.05, 3.63) is 18.2 Å². The number of carboxylic acid groups (broad SMARTS) is 1. The number of aryl methyl sites for hydroxylation is 1. The van der Waals surface area contributed by atoms with E-state index >= 15 is 0 Å². The summed E-state index contributed by atoms with van der Waals surface area (Å²) in [6.45, 7) is 5.74. The van der Waals surface area contributed by atoms with Gasteiger partial charge in [-0.1, -0.05) is 13.8 Å². The summed E-state index contributed by atoms with van der Waals surface area (Å²) in [6.07, 6.45) is 7.60. The first-order chi connectivity index (χ1) is 9.17. The molecule has 0 bridgehead atoms. The molecule has 2 rings (SSSR count). The Labute approximate surface area is 114 Å². The third kappa shape index (κ3) is 2.97. The zero-order chi connectivity index (χ0) is 13.8. The number of likely N-dealkylation sites (tertiary alicyclic amines) is 1. The maximum atomic E-state index is 11.3. The third-order valence-electron chi connectivity index (χ3n) is 4.00. The smallest absolute Gasteiger partial charge is 0.320 e. The summed E-state index contributed by atoms with van der Waals surface area (Å²) in [5, 5.41) is 9.28. The molecule has 0 radical (unpaired) electrons. The van der Waals surface area contributed by atoms with Crippen LogP contribution in [0.4, 0.5) is 0 Å². The molecule has 0 amide bonds. The molecule has 1 aromatic heterocycles. The van der Waals surface area contributed by atoms with E-state index in [9.17, 15) is 9.90 Å². The first kappa shape index (κ1) is 14.1. The van der Waals surface area contributed by atoms with Crippen molar-refractivity contribution in [1.82, 2.24) is 14.5 Å². The molecule has 2 unspecified atom stereocenters. The number of piperidine rings is 1.